The van der Waals surface area contributed by atoms with Gasteiger partial charge >= 0.3 is 17.9 Å². The predicted molar refractivity (Wildman–Crippen MR) is 374 cm³/mol. The second-order valence-corrected chi connectivity index (χ2v) is 27.3. The molecular weight excluding hydrogens is 1080 g/mol. The topological polar surface area (TPSA) is 108 Å². The molecule has 0 aromatic carbocycles. The summed E-state index contributed by atoms with van der Waals surface area (Å²) in [6.07, 6.45) is 85.7. The van der Waals surface area contributed by atoms with E-state index in [1.807, 2.05) is 21.1 Å². The normalized spacial score (nSPS) is 12.8. The molecule has 1 N–H and O–H groups in total. The molecule has 9 nitrogen and oxygen atoms in total. The van der Waals surface area contributed by atoms with Gasteiger partial charge in [0, 0.05) is 12.8 Å². The summed E-state index contributed by atoms with van der Waals surface area (Å²) < 4.78 is 23.0. The number of allylic oxidation sites excluding steroid dienone is 6. The van der Waals surface area contributed by atoms with Gasteiger partial charge in [-0.05, 0) is 70.6 Å². The first-order valence-corrected chi connectivity index (χ1v) is 38.2. The molecule has 0 aliphatic carbocycles. The molecule has 0 heterocycles. The van der Waals surface area contributed by atoms with E-state index in [9.17, 15) is 19.5 Å². The molecule has 9 heteroatoms. The maximum Gasteiger partial charge on any atom is 0.361 e. The lowest BCUT2D eigenvalue weighted by Crippen LogP contribution is -2.40. The Morgan fingerprint density at radius 2 is 0.621 bits per heavy atom. The van der Waals surface area contributed by atoms with Crippen molar-refractivity contribution in [2.45, 2.75) is 399 Å². The van der Waals surface area contributed by atoms with E-state index >= 15 is 0 Å². The number of carbonyl (C=O) groups excluding carboxylic acids is 2. The minimum absolute atomic E-state index is 0.176. The monoisotopic (exact) mass is 1230 g/mol. The number of hydrogen-bond acceptors (Lipinski definition) is 7. The Kier molecular flexibility index (Phi) is 67.4. The Morgan fingerprint density at radius 3 is 0.920 bits per heavy atom. The highest BCUT2D eigenvalue weighted by atomic mass is 16.7. The zero-order chi connectivity index (χ0) is 63.3. The summed E-state index contributed by atoms with van der Waals surface area (Å²) in [5, 5.41) is 9.76. The summed E-state index contributed by atoms with van der Waals surface area (Å²) in [7, 11) is 6.00. The summed E-state index contributed by atoms with van der Waals surface area (Å²) in [6, 6.07) is 0. The number of unbranched alkanes of at least 4 members (excludes halogenated alkanes) is 51. The average Bonchev–Trinajstić information content (AvgIpc) is 3.59. The fourth-order valence-electron chi connectivity index (χ4n) is 11.5. The zero-order valence-electron chi connectivity index (χ0n) is 58.7. The van der Waals surface area contributed by atoms with E-state index in [-0.39, 0.29) is 38.2 Å². The van der Waals surface area contributed by atoms with Crippen LogP contribution in [0.4, 0.5) is 0 Å². The molecule has 0 aromatic heterocycles. The largest absolute Gasteiger partial charge is 0.477 e. The molecule has 0 rings (SSSR count). The van der Waals surface area contributed by atoms with Gasteiger partial charge in [0.05, 0.1) is 34.4 Å². The Balaban J connectivity index is 4.01. The molecule has 0 saturated heterocycles. The molecule has 2 atom stereocenters. The van der Waals surface area contributed by atoms with Gasteiger partial charge in [0.25, 0.3) is 6.29 Å². The molecule has 0 saturated carbocycles. The van der Waals surface area contributed by atoms with Gasteiger partial charge in [-0.1, -0.05) is 339 Å². The summed E-state index contributed by atoms with van der Waals surface area (Å²) >= 11 is 0. The quantitative estimate of drug-likeness (QED) is 0.0211. The third-order valence-corrected chi connectivity index (χ3v) is 17.4. The summed E-state index contributed by atoms with van der Waals surface area (Å²) in [5.74, 6) is -1.97. The number of aliphatic carboxylic acids is 1. The summed E-state index contributed by atoms with van der Waals surface area (Å²) in [4.78, 5) is 37.7. The maximum absolute atomic E-state index is 13.0. The van der Waals surface area contributed by atoms with Crippen LogP contribution in [0.15, 0.2) is 36.5 Å². The van der Waals surface area contributed by atoms with E-state index in [4.69, 9.17) is 18.9 Å². The standard InChI is InChI=1S/C78H147NO8/c1-6-8-10-12-14-16-18-20-22-24-26-28-30-32-34-36-37-38-39-41-43-45-47-49-51-53-55-57-59-61-63-65-67-69-76(81)87-74(73-86-78(77(82)83)84-71-70-79(3,4)5)72-85-75(80)68-66-64-62-60-58-56-54-52-50-48-46-44-42-40-35-33-31-29-27-25-23-21-19-17-15-13-11-9-7-2/h18,20,24-27,74,78H,6-17,19,21-23,28-73H2,1-5H3/p+1/b20-18-,26-24-,27-25-. The van der Waals surface area contributed by atoms with Crippen molar-refractivity contribution in [2.75, 3.05) is 47.5 Å². The van der Waals surface area contributed by atoms with Crippen molar-refractivity contribution in [1.82, 2.24) is 0 Å². The Hall–Kier alpha value is -2.49. The van der Waals surface area contributed by atoms with Crippen LogP contribution in [0.3, 0.4) is 0 Å². The van der Waals surface area contributed by atoms with Crippen LogP contribution < -0.4 is 0 Å². The molecule has 0 spiro atoms. The Morgan fingerprint density at radius 1 is 0.345 bits per heavy atom. The number of hydrogen-bond donors (Lipinski definition) is 1. The van der Waals surface area contributed by atoms with Crippen molar-refractivity contribution in [3.8, 4) is 0 Å². The van der Waals surface area contributed by atoms with Crippen molar-refractivity contribution in [1.29, 1.82) is 0 Å². The number of rotatable bonds is 72. The third-order valence-electron chi connectivity index (χ3n) is 17.4. The second kappa shape index (κ2) is 69.4. The van der Waals surface area contributed by atoms with Crippen LogP contribution in [0.1, 0.15) is 386 Å². The minimum atomic E-state index is -1.51. The first-order chi connectivity index (χ1) is 42.6. The van der Waals surface area contributed by atoms with Gasteiger partial charge in [-0.3, -0.25) is 9.59 Å². The molecule has 0 amide bonds. The van der Waals surface area contributed by atoms with Crippen LogP contribution in [0.25, 0.3) is 0 Å². The molecular formula is C78H148NO8+. The molecule has 512 valence electrons. The Bertz CT molecular complexity index is 1520. The first kappa shape index (κ1) is 84.5. The lowest BCUT2D eigenvalue weighted by molar-refractivity contribution is -0.870. The van der Waals surface area contributed by atoms with Gasteiger partial charge in [-0.2, -0.15) is 0 Å². The fraction of sp³-hybridized carbons (Fsp3) is 0.885. The number of carboxylic acid groups (broad SMARTS) is 1. The number of likely N-dealkylation sites (N-methyl/N-ethyl adjacent to an activating group) is 1. The van der Waals surface area contributed by atoms with E-state index in [0.717, 1.165) is 44.9 Å². The number of quaternary nitrogens is 1. The van der Waals surface area contributed by atoms with Crippen molar-refractivity contribution in [3.05, 3.63) is 36.5 Å². The third kappa shape index (κ3) is 70.8. The zero-order valence-corrected chi connectivity index (χ0v) is 58.7. The van der Waals surface area contributed by atoms with Gasteiger partial charge in [0.15, 0.2) is 6.10 Å². The number of carboxylic acids is 1. The van der Waals surface area contributed by atoms with Crippen molar-refractivity contribution in [3.63, 3.8) is 0 Å². The summed E-state index contributed by atoms with van der Waals surface area (Å²) in [6.45, 7) is 4.94. The van der Waals surface area contributed by atoms with E-state index < -0.39 is 18.4 Å². The van der Waals surface area contributed by atoms with Gasteiger partial charge in [0.2, 0.25) is 0 Å². The van der Waals surface area contributed by atoms with Gasteiger partial charge in [0.1, 0.15) is 13.2 Å². The molecule has 2 unspecified atom stereocenters. The number of carbonyl (C=O) groups is 3. The van der Waals surface area contributed by atoms with Crippen LogP contribution in [0, 0.1) is 0 Å². The van der Waals surface area contributed by atoms with E-state index in [1.54, 1.807) is 0 Å². The molecule has 0 aromatic rings. The predicted octanol–water partition coefficient (Wildman–Crippen LogP) is 23.9. The molecule has 0 fully saturated rings. The molecule has 0 aliphatic rings. The van der Waals surface area contributed by atoms with Crippen LogP contribution in [0.2, 0.25) is 0 Å². The SMILES string of the molecule is CCCCCCC/C=C\C/C=C\CCCCCCCCCCCCCCCCCCCCCCCC(=O)OC(COC(=O)CCCCCCCCCCCCCCCCCCC/C=C\CCCCCCCCCC)COC(OCC[N+](C)(C)C)C(=O)O. The fourth-order valence-corrected chi connectivity index (χ4v) is 11.5. The smallest absolute Gasteiger partial charge is 0.361 e. The highest BCUT2D eigenvalue weighted by molar-refractivity contribution is 5.71. The number of esters is 2. The lowest BCUT2D eigenvalue weighted by atomic mass is 10.0. The van der Waals surface area contributed by atoms with Crippen LogP contribution in [-0.2, 0) is 33.3 Å². The van der Waals surface area contributed by atoms with E-state index in [1.165, 1.54) is 315 Å². The average molecular weight is 1230 g/mol. The molecule has 0 bridgehead atoms. The minimum Gasteiger partial charge on any atom is -0.477 e. The summed E-state index contributed by atoms with van der Waals surface area (Å²) in [5.41, 5.74) is 0. The lowest BCUT2D eigenvalue weighted by Gasteiger charge is -2.25. The number of ether oxygens (including phenoxy) is 4. The highest BCUT2D eigenvalue weighted by Gasteiger charge is 2.25. The van der Waals surface area contributed by atoms with Crippen LogP contribution >= 0.6 is 0 Å². The highest BCUT2D eigenvalue weighted by Crippen LogP contribution is 2.19. The Labute approximate surface area is 540 Å². The van der Waals surface area contributed by atoms with Crippen molar-refractivity contribution >= 4 is 17.9 Å². The van der Waals surface area contributed by atoms with Gasteiger partial charge in [-0.25, -0.2) is 4.79 Å². The van der Waals surface area contributed by atoms with E-state index in [0.29, 0.717) is 17.4 Å². The number of nitrogens with zero attached hydrogens (tertiary/aromatic N) is 1. The van der Waals surface area contributed by atoms with Crippen molar-refractivity contribution in [2.24, 2.45) is 0 Å². The van der Waals surface area contributed by atoms with Gasteiger partial charge < -0.3 is 28.5 Å². The second-order valence-electron chi connectivity index (χ2n) is 27.3. The molecule has 0 radical (unpaired) electrons. The van der Waals surface area contributed by atoms with E-state index in [2.05, 4.69) is 50.3 Å². The van der Waals surface area contributed by atoms with Crippen molar-refractivity contribution < 1.29 is 42.9 Å². The molecule has 87 heavy (non-hydrogen) atoms. The van der Waals surface area contributed by atoms with Crippen LogP contribution in [-0.4, -0.2) is 87.4 Å². The molecule has 0 aliphatic heterocycles. The first-order valence-electron chi connectivity index (χ1n) is 38.2. The maximum atomic E-state index is 13.0. The van der Waals surface area contributed by atoms with Crippen LogP contribution in [0.5, 0.6) is 0 Å². The van der Waals surface area contributed by atoms with Gasteiger partial charge in [-0.15, -0.1) is 0 Å².